The van der Waals surface area contributed by atoms with Crippen LogP contribution in [-0.4, -0.2) is 51.5 Å². The first kappa shape index (κ1) is 19.0. The number of nitrogens with one attached hydrogen (secondary N) is 1. The Labute approximate surface area is 119 Å². The molecule has 1 aromatic heterocycles. The van der Waals surface area contributed by atoms with Crippen LogP contribution in [0.15, 0.2) is 12.4 Å². The van der Waals surface area contributed by atoms with Gasteiger partial charge in [-0.05, 0) is 6.92 Å². The van der Waals surface area contributed by atoms with Crippen molar-refractivity contribution < 1.29 is 31.2 Å². The molecule has 9 heteroatoms. The number of aromatic amines is 1. The molecule has 1 heterocycles. The smallest absolute Gasteiger partial charge is 0.250 e. The lowest BCUT2D eigenvalue weighted by Crippen LogP contribution is -2.32. The highest BCUT2D eigenvalue weighted by atomic mass is 32.3. The van der Waals surface area contributed by atoms with Gasteiger partial charge in [0.05, 0.1) is 33.0 Å². The van der Waals surface area contributed by atoms with Gasteiger partial charge in [-0.3, -0.25) is 4.18 Å². The first-order chi connectivity index (χ1) is 9.40. The highest BCUT2D eigenvalue weighted by Gasteiger charge is 1.97. The molecular formula is C11H22N2O6S. The van der Waals surface area contributed by atoms with Gasteiger partial charge in [0, 0.05) is 14.0 Å². The van der Waals surface area contributed by atoms with Crippen molar-refractivity contribution in [1.29, 1.82) is 0 Å². The number of methoxy groups -OCH3 is 1. The maximum absolute atomic E-state index is 9.86. The summed E-state index contributed by atoms with van der Waals surface area (Å²) in [5, 5.41) is 0. The van der Waals surface area contributed by atoms with Gasteiger partial charge in [-0.1, -0.05) is 0 Å². The molecule has 118 valence electrons. The molecule has 1 aromatic rings. The molecule has 0 amide bonds. The Morgan fingerprint density at radius 2 is 1.95 bits per heavy atom. The summed E-state index contributed by atoms with van der Waals surface area (Å²) in [5.74, 6) is 1.22. The van der Waals surface area contributed by atoms with Crippen LogP contribution in [0.1, 0.15) is 12.7 Å². The molecule has 20 heavy (non-hydrogen) atoms. The Hall–Kier alpha value is -1.00. The second-order valence-electron chi connectivity index (χ2n) is 3.67. The summed E-state index contributed by atoms with van der Waals surface area (Å²) < 4.78 is 45.1. The van der Waals surface area contributed by atoms with Crippen LogP contribution in [0.3, 0.4) is 0 Å². The zero-order chi connectivity index (χ0) is 15.4. The van der Waals surface area contributed by atoms with Crippen LogP contribution in [-0.2, 0) is 30.6 Å². The van der Waals surface area contributed by atoms with E-state index in [0.29, 0.717) is 13.2 Å². The zero-order valence-corrected chi connectivity index (χ0v) is 12.8. The second kappa shape index (κ2) is 10.7. The van der Waals surface area contributed by atoms with Crippen molar-refractivity contribution in [2.75, 3.05) is 33.5 Å². The highest BCUT2D eigenvalue weighted by Crippen LogP contribution is 1.85. The molecule has 0 bridgehead atoms. The Morgan fingerprint density at radius 3 is 2.35 bits per heavy atom. The summed E-state index contributed by atoms with van der Waals surface area (Å²) in [6.07, 6.45) is 3.98. The number of rotatable bonds is 8. The van der Waals surface area contributed by atoms with E-state index in [-0.39, 0.29) is 13.2 Å². The fourth-order valence-electron chi connectivity index (χ4n) is 1.22. The predicted molar refractivity (Wildman–Crippen MR) is 69.7 cm³/mol. The van der Waals surface area contributed by atoms with Crippen molar-refractivity contribution in [3.8, 4) is 0 Å². The minimum atomic E-state index is -4.58. The average molecular weight is 310 g/mol. The highest BCUT2D eigenvalue weighted by molar-refractivity contribution is 7.80. The number of ether oxygens (including phenoxy) is 2. The van der Waals surface area contributed by atoms with E-state index < -0.39 is 10.4 Å². The van der Waals surface area contributed by atoms with E-state index >= 15 is 0 Å². The number of hydrogen-bond acceptors (Lipinski definition) is 6. The van der Waals surface area contributed by atoms with Gasteiger partial charge in [-0.25, -0.2) is 18.0 Å². The molecule has 8 nitrogen and oxygen atoms in total. The fourth-order valence-corrected chi connectivity index (χ4v) is 1.50. The molecule has 0 atom stereocenters. The summed E-state index contributed by atoms with van der Waals surface area (Å²) in [6, 6.07) is 0. The molecule has 0 saturated carbocycles. The first-order valence-electron chi connectivity index (χ1n) is 6.11. The predicted octanol–water partition coefficient (Wildman–Crippen LogP) is -0.243. The SMILES string of the molecule is CC[n+]1cc[nH]c1C.COCCOCCOS(=O)(=O)[O-]. The third kappa shape index (κ3) is 10.9. The minimum Gasteiger partial charge on any atom is -0.726 e. The van der Waals surface area contributed by atoms with E-state index in [1.165, 1.54) is 12.9 Å². The third-order valence-corrected chi connectivity index (χ3v) is 2.66. The summed E-state index contributed by atoms with van der Waals surface area (Å²) in [4.78, 5) is 3.08. The second-order valence-corrected chi connectivity index (χ2v) is 4.72. The van der Waals surface area contributed by atoms with Gasteiger partial charge >= 0.3 is 0 Å². The van der Waals surface area contributed by atoms with E-state index in [0.717, 1.165) is 6.54 Å². The molecular weight excluding hydrogens is 288 g/mol. The standard InChI is InChI=1S/C6H10N2.C5H12O6S/c1-3-8-5-4-7-6(8)2;1-9-2-3-10-4-5-11-12(6,7)8/h4-5H,3H2,1-2H3;2-5H2,1H3,(H,6,7,8). The fraction of sp³-hybridized carbons (Fsp3) is 0.727. The van der Waals surface area contributed by atoms with Crippen LogP contribution in [0.4, 0.5) is 0 Å². The van der Waals surface area contributed by atoms with E-state index in [4.69, 9.17) is 4.74 Å². The molecule has 0 fully saturated rings. The third-order valence-electron chi connectivity index (χ3n) is 2.21. The number of imidazole rings is 1. The summed E-state index contributed by atoms with van der Waals surface area (Å²) >= 11 is 0. The molecule has 1 rings (SSSR count). The Bertz CT molecular complexity index is 446. The number of aromatic nitrogens is 2. The molecule has 0 aromatic carbocycles. The molecule has 0 unspecified atom stereocenters. The van der Waals surface area contributed by atoms with Crippen molar-refractivity contribution in [2.45, 2.75) is 20.4 Å². The molecule has 0 aliphatic rings. The van der Waals surface area contributed by atoms with Crippen LogP contribution in [0, 0.1) is 6.92 Å². The van der Waals surface area contributed by atoms with Crippen LogP contribution < -0.4 is 4.57 Å². The number of aryl methyl sites for hydroxylation is 2. The van der Waals surface area contributed by atoms with E-state index in [2.05, 4.69) is 32.3 Å². The lowest BCUT2D eigenvalue weighted by atomic mass is 10.6. The first-order valence-corrected chi connectivity index (χ1v) is 7.44. The molecule has 0 radical (unpaired) electrons. The van der Waals surface area contributed by atoms with Gasteiger partial charge in [-0.2, -0.15) is 0 Å². The van der Waals surface area contributed by atoms with Crippen molar-refractivity contribution in [2.24, 2.45) is 0 Å². The Kier molecular flexibility index (Phi) is 10.2. The van der Waals surface area contributed by atoms with Crippen LogP contribution in [0.25, 0.3) is 0 Å². The lowest BCUT2D eigenvalue weighted by Gasteiger charge is -2.07. The monoisotopic (exact) mass is 310 g/mol. The van der Waals surface area contributed by atoms with Gasteiger partial charge in [-0.15, -0.1) is 0 Å². The molecule has 0 saturated heterocycles. The summed E-state index contributed by atoms with van der Waals surface area (Å²) in [6.45, 7) is 5.81. The molecule has 0 aliphatic heterocycles. The average Bonchev–Trinajstić information content (AvgIpc) is 2.79. The number of hydrogen-bond donors (Lipinski definition) is 1. The number of nitrogens with zero attached hydrogens (tertiary/aromatic N) is 1. The normalized spacial score (nSPS) is 11.0. The molecule has 1 N–H and O–H groups in total. The lowest BCUT2D eigenvalue weighted by molar-refractivity contribution is -0.698. The number of H-pyrrole nitrogens is 1. The van der Waals surface area contributed by atoms with E-state index in [1.807, 2.05) is 12.4 Å². The van der Waals surface area contributed by atoms with Gasteiger partial charge in [0.25, 0.3) is 5.82 Å². The maximum Gasteiger partial charge on any atom is 0.250 e. The van der Waals surface area contributed by atoms with E-state index in [9.17, 15) is 13.0 Å². The largest absolute Gasteiger partial charge is 0.726 e. The Balaban J connectivity index is 0.000000388. The maximum atomic E-state index is 9.86. The van der Waals surface area contributed by atoms with Gasteiger partial charge in [0.1, 0.15) is 12.4 Å². The van der Waals surface area contributed by atoms with Crippen LogP contribution in [0.2, 0.25) is 0 Å². The van der Waals surface area contributed by atoms with Crippen LogP contribution >= 0.6 is 0 Å². The van der Waals surface area contributed by atoms with Crippen molar-refractivity contribution in [3.05, 3.63) is 18.2 Å². The van der Waals surface area contributed by atoms with Gasteiger partial charge in [0.2, 0.25) is 10.4 Å². The van der Waals surface area contributed by atoms with E-state index in [1.54, 1.807) is 0 Å². The minimum absolute atomic E-state index is 0.0603. The molecule has 0 aliphatic carbocycles. The topological polar surface area (TPSA) is 105 Å². The Morgan fingerprint density at radius 1 is 1.30 bits per heavy atom. The summed E-state index contributed by atoms with van der Waals surface area (Å²) in [5.41, 5.74) is 0. The van der Waals surface area contributed by atoms with Gasteiger partial charge < -0.3 is 14.0 Å². The van der Waals surface area contributed by atoms with Crippen molar-refractivity contribution in [1.82, 2.24) is 4.98 Å². The molecule has 0 spiro atoms. The summed E-state index contributed by atoms with van der Waals surface area (Å²) in [7, 11) is -3.06. The van der Waals surface area contributed by atoms with Crippen molar-refractivity contribution in [3.63, 3.8) is 0 Å². The zero-order valence-electron chi connectivity index (χ0n) is 12.0. The quantitative estimate of drug-likeness (QED) is 0.307. The van der Waals surface area contributed by atoms with Crippen molar-refractivity contribution >= 4 is 10.4 Å². The van der Waals surface area contributed by atoms with Crippen LogP contribution in [0.5, 0.6) is 0 Å². The van der Waals surface area contributed by atoms with Gasteiger partial charge in [0.15, 0.2) is 0 Å².